The topological polar surface area (TPSA) is 20.2 Å². The van der Waals surface area contributed by atoms with E-state index in [0.717, 1.165) is 6.42 Å². The molecule has 1 N–H and O–H groups in total. The van der Waals surface area contributed by atoms with Gasteiger partial charge in [-0.2, -0.15) is 13.2 Å². The summed E-state index contributed by atoms with van der Waals surface area (Å²) in [5.74, 6) is -1.31. The summed E-state index contributed by atoms with van der Waals surface area (Å²) in [7, 11) is 0. The van der Waals surface area contributed by atoms with Crippen LogP contribution in [0.4, 0.5) is 13.2 Å². The highest BCUT2D eigenvalue weighted by Crippen LogP contribution is 2.39. The zero-order chi connectivity index (χ0) is 9.19. The van der Waals surface area contributed by atoms with Crippen LogP contribution in [0.25, 0.3) is 0 Å². The molecule has 0 radical (unpaired) electrons. The molecule has 1 aliphatic rings. The van der Waals surface area contributed by atoms with Crippen molar-refractivity contribution < 1.29 is 18.3 Å². The smallest absolute Gasteiger partial charge is 0.391 e. The number of aliphatic hydroxyl groups excluding tert-OH is 1. The molecule has 0 bridgehead atoms. The molecule has 0 aromatic carbocycles. The van der Waals surface area contributed by atoms with Crippen LogP contribution < -0.4 is 0 Å². The molecule has 2 atom stereocenters. The summed E-state index contributed by atoms with van der Waals surface area (Å²) in [6.07, 6.45) is -2.38. The van der Waals surface area contributed by atoms with E-state index in [1.807, 2.05) is 0 Å². The Kier molecular flexibility index (Phi) is 2.99. The molecule has 72 valence electrons. The van der Waals surface area contributed by atoms with Crippen molar-refractivity contribution in [3.63, 3.8) is 0 Å². The Morgan fingerprint density at radius 3 is 2.42 bits per heavy atom. The van der Waals surface area contributed by atoms with Gasteiger partial charge in [0.05, 0.1) is 5.92 Å². The molecule has 0 aliphatic heterocycles. The van der Waals surface area contributed by atoms with E-state index in [0.29, 0.717) is 6.42 Å². The predicted molar refractivity (Wildman–Crippen MR) is 38.6 cm³/mol. The predicted octanol–water partition coefficient (Wildman–Crippen LogP) is 2.35. The third kappa shape index (κ3) is 2.37. The third-order valence-corrected chi connectivity index (χ3v) is 2.50. The summed E-state index contributed by atoms with van der Waals surface area (Å²) in [5.41, 5.74) is 0. The highest BCUT2D eigenvalue weighted by atomic mass is 19.4. The Morgan fingerprint density at radius 2 is 1.92 bits per heavy atom. The zero-order valence-corrected chi connectivity index (χ0v) is 6.77. The van der Waals surface area contributed by atoms with Crippen LogP contribution in [0.15, 0.2) is 0 Å². The lowest BCUT2D eigenvalue weighted by Gasteiger charge is -2.29. The summed E-state index contributed by atoms with van der Waals surface area (Å²) >= 11 is 0. The van der Waals surface area contributed by atoms with Gasteiger partial charge in [-0.1, -0.05) is 6.42 Å². The quantitative estimate of drug-likeness (QED) is 0.660. The average Bonchev–Trinajstić information content (AvgIpc) is 2.03. The summed E-state index contributed by atoms with van der Waals surface area (Å²) < 4.78 is 36.5. The maximum atomic E-state index is 12.2. The molecule has 1 fully saturated rings. The first-order chi connectivity index (χ1) is 5.54. The molecule has 0 unspecified atom stereocenters. The molecule has 0 aromatic heterocycles. The fraction of sp³-hybridized carbons (Fsp3) is 1.00. The second kappa shape index (κ2) is 3.64. The molecule has 1 aliphatic carbocycles. The van der Waals surface area contributed by atoms with Gasteiger partial charge in [-0.3, -0.25) is 0 Å². The zero-order valence-electron chi connectivity index (χ0n) is 6.77. The number of hydrogen-bond acceptors (Lipinski definition) is 1. The number of hydrogen-bond donors (Lipinski definition) is 1. The molecule has 12 heavy (non-hydrogen) atoms. The Hall–Kier alpha value is -0.250. The molecule has 0 aromatic rings. The lowest BCUT2D eigenvalue weighted by Crippen LogP contribution is -2.29. The summed E-state index contributed by atoms with van der Waals surface area (Å²) in [5, 5.41) is 8.71. The first-order valence-electron chi connectivity index (χ1n) is 4.21. The van der Waals surface area contributed by atoms with Crippen LogP contribution >= 0.6 is 0 Å². The second-order valence-corrected chi connectivity index (χ2v) is 3.45. The van der Waals surface area contributed by atoms with E-state index in [1.54, 1.807) is 0 Å². The Morgan fingerprint density at radius 1 is 1.25 bits per heavy atom. The highest BCUT2D eigenvalue weighted by Gasteiger charge is 2.41. The summed E-state index contributed by atoms with van der Waals surface area (Å²) in [6, 6.07) is 0. The lowest BCUT2D eigenvalue weighted by molar-refractivity contribution is -0.186. The van der Waals surface area contributed by atoms with Crippen LogP contribution in [0.5, 0.6) is 0 Å². The molecule has 0 spiro atoms. The van der Waals surface area contributed by atoms with Crippen molar-refractivity contribution in [2.45, 2.75) is 31.9 Å². The highest BCUT2D eigenvalue weighted by molar-refractivity contribution is 4.77. The van der Waals surface area contributed by atoms with Gasteiger partial charge in [0.15, 0.2) is 0 Å². The third-order valence-electron chi connectivity index (χ3n) is 2.50. The van der Waals surface area contributed by atoms with Crippen molar-refractivity contribution in [3.8, 4) is 0 Å². The number of halogens is 3. The van der Waals surface area contributed by atoms with E-state index in [4.69, 9.17) is 5.11 Å². The van der Waals surface area contributed by atoms with Crippen molar-refractivity contribution in [1.82, 2.24) is 0 Å². The first-order valence-corrected chi connectivity index (χ1v) is 4.21. The minimum Gasteiger partial charge on any atom is -0.396 e. The van der Waals surface area contributed by atoms with Gasteiger partial charge in [0.25, 0.3) is 0 Å². The van der Waals surface area contributed by atoms with Crippen molar-refractivity contribution in [2.24, 2.45) is 11.8 Å². The van der Waals surface area contributed by atoms with Crippen LogP contribution in [0, 0.1) is 11.8 Å². The van der Waals surface area contributed by atoms with Gasteiger partial charge in [-0.05, 0) is 25.2 Å². The molecule has 0 heterocycles. The van der Waals surface area contributed by atoms with Crippen molar-refractivity contribution in [3.05, 3.63) is 0 Å². The van der Waals surface area contributed by atoms with Crippen LogP contribution in [0.1, 0.15) is 25.7 Å². The number of rotatable bonds is 1. The minimum absolute atomic E-state index is 0.105. The molecule has 1 rings (SSSR count). The van der Waals surface area contributed by atoms with Gasteiger partial charge >= 0.3 is 6.18 Å². The number of alkyl halides is 3. The standard InChI is InChI=1S/C8H13F3O/c9-8(10,11)7-3-1-2-6(4-7)5-12/h6-7,12H,1-5H2/t6-,7-/m1/s1. The van der Waals surface area contributed by atoms with Gasteiger partial charge in [0.2, 0.25) is 0 Å². The van der Waals surface area contributed by atoms with E-state index in [9.17, 15) is 13.2 Å². The lowest BCUT2D eigenvalue weighted by atomic mass is 9.81. The fourth-order valence-corrected chi connectivity index (χ4v) is 1.75. The van der Waals surface area contributed by atoms with Crippen LogP contribution in [-0.2, 0) is 0 Å². The van der Waals surface area contributed by atoms with E-state index in [2.05, 4.69) is 0 Å². The minimum atomic E-state index is -4.06. The Balaban J connectivity index is 2.46. The first kappa shape index (κ1) is 9.84. The van der Waals surface area contributed by atoms with Gasteiger partial charge in [-0.25, -0.2) is 0 Å². The largest absolute Gasteiger partial charge is 0.396 e. The summed E-state index contributed by atoms with van der Waals surface area (Å²) in [4.78, 5) is 0. The van der Waals surface area contributed by atoms with Crippen LogP contribution in [0.2, 0.25) is 0 Å². The fourth-order valence-electron chi connectivity index (χ4n) is 1.75. The molecule has 0 amide bonds. The van der Waals surface area contributed by atoms with Gasteiger partial charge in [-0.15, -0.1) is 0 Å². The molecule has 0 saturated heterocycles. The molecular weight excluding hydrogens is 169 g/mol. The van der Waals surface area contributed by atoms with E-state index >= 15 is 0 Å². The average molecular weight is 182 g/mol. The summed E-state index contributed by atoms with van der Waals surface area (Å²) in [6.45, 7) is -0.105. The Bertz CT molecular complexity index is 144. The molecular formula is C8H13F3O. The van der Waals surface area contributed by atoms with E-state index in [-0.39, 0.29) is 25.4 Å². The van der Waals surface area contributed by atoms with Crippen LogP contribution in [-0.4, -0.2) is 17.9 Å². The van der Waals surface area contributed by atoms with Crippen molar-refractivity contribution in [1.29, 1.82) is 0 Å². The van der Waals surface area contributed by atoms with E-state index in [1.165, 1.54) is 0 Å². The molecule has 4 heteroatoms. The van der Waals surface area contributed by atoms with Gasteiger partial charge in [0, 0.05) is 6.61 Å². The van der Waals surface area contributed by atoms with E-state index < -0.39 is 12.1 Å². The number of aliphatic hydroxyl groups is 1. The molecule has 1 saturated carbocycles. The monoisotopic (exact) mass is 182 g/mol. The maximum Gasteiger partial charge on any atom is 0.391 e. The van der Waals surface area contributed by atoms with Crippen LogP contribution in [0.3, 0.4) is 0 Å². The SMILES string of the molecule is OC[C@@H]1CCC[C@@H](C(F)(F)F)C1. The van der Waals surface area contributed by atoms with Crippen molar-refractivity contribution in [2.75, 3.05) is 6.61 Å². The van der Waals surface area contributed by atoms with Crippen molar-refractivity contribution >= 4 is 0 Å². The normalized spacial score (nSPS) is 32.0. The Labute approximate surface area is 69.6 Å². The van der Waals surface area contributed by atoms with Gasteiger partial charge < -0.3 is 5.11 Å². The second-order valence-electron chi connectivity index (χ2n) is 3.45. The molecule has 1 nitrogen and oxygen atoms in total. The van der Waals surface area contributed by atoms with Gasteiger partial charge in [0.1, 0.15) is 0 Å². The maximum absolute atomic E-state index is 12.2.